The van der Waals surface area contributed by atoms with Crippen molar-refractivity contribution >= 4 is 17.6 Å². The van der Waals surface area contributed by atoms with Gasteiger partial charge in [0.15, 0.2) is 0 Å². The molecule has 62 valence electrons. The number of esters is 1. The second-order valence-corrected chi connectivity index (χ2v) is 3.51. The molecule has 1 aliphatic rings. The molecule has 0 saturated heterocycles. The highest BCUT2D eigenvalue weighted by Crippen LogP contribution is 2.42. The number of carbonyl (C=O) groups is 1. The van der Waals surface area contributed by atoms with Crippen LogP contribution in [0.4, 0.5) is 0 Å². The summed E-state index contributed by atoms with van der Waals surface area (Å²) >= 11 is 5.90. The summed E-state index contributed by atoms with van der Waals surface area (Å²) in [5, 5.41) is 0. The molecule has 0 heterocycles. The second kappa shape index (κ2) is 2.86. The Morgan fingerprint density at radius 2 is 2.36 bits per heavy atom. The average Bonchev–Trinajstić information content (AvgIpc) is 1.85. The van der Waals surface area contributed by atoms with Crippen molar-refractivity contribution in [1.82, 2.24) is 0 Å². The predicted molar refractivity (Wildman–Crippen MR) is 43.6 cm³/mol. The van der Waals surface area contributed by atoms with Crippen LogP contribution in [0.25, 0.3) is 0 Å². The minimum atomic E-state index is -0.785. The molecule has 0 spiro atoms. The van der Waals surface area contributed by atoms with E-state index in [1.807, 2.05) is 0 Å². The summed E-state index contributed by atoms with van der Waals surface area (Å²) in [7, 11) is 0. The van der Waals surface area contributed by atoms with Gasteiger partial charge in [-0.15, -0.1) is 11.6 Å². The molecule has 1 rings (SSSR count). The topological polar surface area (TPSA) is 26.3 Å². The summed E-state index contributed by atoms with van der Waals surface area (Å²) in [5.41, 5.74) is 1.02. The number of allylic oxidation sites excluding steroid dienone is 1. The Morgan fingerprint density at radius 1 is 1.82 bits per heavy atom. The van der Waals surface area contributed by atoms with E-state index in [0.717, 1.165) is 5.57 Å². The van der Waals surface area contributed by atoms with E-state index in [0.29, 0.717) is 19.4 Å². The molecule has 0 N–H and O–H groups in total. The van der Waals surface area contributed by atoms with Crippen molar-refractivity contribution in [2.45, 2.75) is 24.6 Å². The van der Waals surface area contributed by atoms with Crippen molar-refractivity contribution in [2.24, 2.45) is 0 Å². The van der Waals surface area contributed by atoms with Gasteiger partial charge in [-0.1, -0.05) is 12.2 Å². The average molecular weight is 175 g/mol. The third kappa shape index (κ3) is 1.56. The van der Waals surface area contributed by atoms with E-state index in [-0.39, 0.29) is 5.97 Å². The van der Waals surface area contributed by atoms with Gasteiger partial charge in [0, 0.05) is 0 Å². The summed E-state index contributed by atoms with van der Waals surface area (Å²) < 4.78 is 4.79. The van der Waals surface area contributed by atoms with Gasteiger partial charge >= 0.3 is 5.97 Å². The molecule has 0 amide bonds. The summed E-state index contributed by atoms with van der Waals surface area (Å²) in [6, 6.07) is 0. The molecule has 11 heavy (non-hydrogen) atoms. The van der Waals surface area contributed by atoms with Crippen LogP contribution in [0.3, 0.4) is 0 Å². The molecule has 0 unspecified atom stereocenters. The van der Waals surface area contributed by atoms with Crippen molar-refractivity contribution < 1.29 is 9.53 Å². The molecule has 0 aromatic heterocycles. The molecule has 0 aliphatic heterocycles. The molecule has 1 fully saturated rings. The Morgan fingerprint density at radius 3 is 2.73 bits per heavy atom. The van der Waals surface area contributed by atoms with Gasteiger partial charge in [-0.05, 0) is 19.8 Å². The van der Waals surface area contributed by atoms with Gasteiger partial charge in [0.1, 0.15) is 4.87 Å². The lowest BCUT2D eigenvalue weighted by Gasteiger charge is -2.34. The first kappa shape index (κ1) is 8.60. The molecule has 0 aromatic rings. The number of rotatable bonds is 2. The molecule has 2 nitrogen and oxygen atoms in total. The maximum absolute atomic E-state index is 11.1. The lowest BCUT2D eigenvalue weighted by molar-refractivity contribution is -0.147. The monoisotopic (exact) mass is 174 g/mol. The normalized spacial score (nSPS) is 20.7. The zero-order chi connectivity index (χ0) is 8.48. The molecular weight excluding hydrogens is 164 g/mol. The molecule has 0 radical (unpaired) electrons. The van der Waals surface area contributed by atoms with E-state index < -0.39 is 4.87 Å². The Hall–Kier alpha value is -0.500. The number of hydrogen-bond acceptors (Lipinski definition) is 2. The van der Waals surface area contributed by atoms with Crippen LogP contribution in [0.1, 0.15) is 19.8 Å². The third-order valence-electron chi connectivity index (χ3n) is 1.70. The highest BCUT2D eigenvalue weighted by Gasteiger charge is 2.46. The van der Waals surface area contributed by atoms with Gasteiger partial charge in [-0.2, -0.15) is 0 Å². The van der Waals surface area contributed by atoms with E-state index in [9.17, 15) is 4.79 Å². The number of halogens is 1. The third-order valence-corrected chi connectivity index (χ3v) is 2.12. The van der Waals surface area contributed by atoms with Crippen LogP contribution in [0.5, 0.6) is 0 Å². The minimum absolute atomic E-state index is 0.311. The molecular formula is C8H11ClO2. The maximum Gasteiger partial charge on any atom is 0.327 e. The van der Waals surface area contributed by atoms with Crippen LogP contribution in [-0.4, -0.2) is 17.5 Å². The minimum Gasteiger partial charge on any atom is -0.465 e. The summed E-state index contributed by atoms with van der Waals surface area (Å²) in [4.78, 5) is 10.3. The number of hydrogen-bond donors (Lipinski definition) is 0. The van der Waals surface area contributed by atoms with Gasteiger partial charge in [-0.3, -0.25) is 4.79 Å². The zero-order valence-corrected chi connectivity index (χ0v) is 7.28. The summed E-state index contributed by atoms with van der Waals surface area (Å²) in [6.45, 7) is 5.86. The fraction of sp³-hybridized carbons (Fsp3) is 0.625. The van der Waals surface area contributed by atoms with Gasteiger partial charge in [-0.25, -0.2) is 0 Å². The second-order valence-electron chi connectivity index (χ2n) is 2.79. The highest BCUT2D eigenvalue weighted by molar-refractivity contribution is 6.35. The SMILES string of the molecule is C=C1CC(Cl)(C(=O)OCC)C1. The first-order valence-corrected chi connectivity index (χ1v) is 3.99. The van der Waals surface area contributed by atoms with Gasteiger partial charge in [0.05, 0.1) is 6.61 Å². The fourth-order valence-corrected chi connectivity index (χ4v) is 1.58. The quantitative estimate of drug-likeness (QED) is 0.363. The van der Waals surface area contributed by atoms with E-state index in [2.05, 4.69) is 6.58 Å². The Bertz CT molecular complexity index is 190. The Labute approximate surface area is 71.2 Å². The van der Waals surface area contributed by atoms with Gasteiger partial charge in [0.2, 0.25) is 0 Å². The lowest BCUT2D eigenvalue weighted by atomic mass is 9.80. The van der Waals surface area contributed by atoms with Crippen LogP contribution in [0.15, 0.2) is 12.2 Å². The molecule has 1 aliphatic carbocycles. The van der Waals surface area contributed by atoms with Crippen molar-refractivity contribution in [3.63, 3.8) is 0 Å². The van der Waals surface area contributed by atoms with Crippen molar-refractivity contribution in [1.29, 1.82) is 0 Å². The van der Waals surface area contributed by atoms with E-state index in [1.165, 1.54) is 0 Å². The molecule has 0 aromatic carbocycles. The predicted octanol–water partition coefficient (Wildman–Crippen LogP) is 1.88. The maximum atomic E-state index is 11.1. The van der Waals surface area contributed by atoms with E-state index in [1.54, 1.807) is 6.92 Å². The smallest absolute Gasteiger partial charge is 0.327 e. The Balaban J connectivity index is 2.47. The molecule has 1 saturated carbocycles. The van der Waals surface area contributed by atoms with Crippen LogP contribution in [-0.2, 0) is 9.53 Å². The van der Waals surface area contributed by atoms with Gasteiger partial charge in [0.25, 0.3) is 0 Å². The zero-order valence-electron chi connectivity index (χ0n) is 6.52. The number of alkyl halides is 1. The number of carbonyl (C=O) groups excluding carboxylic acids is 1. The van der Waals surface area contributed by atoms with Crippen molar-refractivity contribution in [3.8, 4) is 0 Å². The van der Waals surface area contributed by atoms with Crippen LogP contribution in [0, 0.1) is 0 Å². The fourth-order valence-electron chi connectivity index (χ4n) is 1.15. The van der Waals surface area contributed by atoms with Crippen molar-refractivity contribution in [3.05, 3.63) is 12.2 Å². The lowest BCUT2D eigenvalue weighted by Crippen LogP contribution is -2.42. The molecule has 0 atom stereocenters. The first-order valence-electron chi connectivity index (χ1n) is 3.61. The standard InChI is InChI=1S/C8H11ClO2/c1-3-11-7(10)8(9)4-6(2)5-8/h2-5H2,1H3. The summed E-state index contributed by atoms with van der Waals surface area (Å²) in [5.74, 6) is -0.311. The Kier molecular flexibility index (Phi) is 2.23. The van der Waals surface area contributed by atoms with E-state index in [4.69, 9.17) is 16.3 Å². The van der Waals surface area contributed by atoms with Gasteiger partial charge < -0.3 is 4.74 Å². The first-order chi connectivity index (χ1) is 5.08. The number of ether oxygens (including phenoxy) is 1. The van der Waals surface area contributed by atoms with Crippen LogP contribution < -0.4 is 0 Å². The largest absolute Gasteiger partial charge is 0.465 e. The van der Waals surface area contributed by atoms with Crippen molar-refractivity contribution in [2.75, 3.05) is 6.61 Å². The molecule has 0 bridgehead atoms. The van der Waals surface area contributed by atoms with Crippen LogP contribution in [0.2, 0.25) is 0 Å². The summed E-state index contributed by atoms with van der Waals surface area (Å²) in [6.07, 6.45) is 1.13. The molecule has 3 heteroatoms. The van der Waals surface area contributed by atoms with E-state index >= 15 is 0 Å². The van der Waals surface area contributed by atoms with Crippen LogP contribution >= 0.6 is 11.6 Å². The highest BCUT2D eigenvalue weighted by atomic mass is 35.5.